The van der Waals surface area contributed by atoms with Crippen molar-refractivity contribution in [3.63, 3.8) is 0 Å². The summed E-state index contributed by atoms with van der Waals surface area (Å²) in [7, 11) is 0. The molecule has 3 nitrogen and oxygen atoms in total. The first-order chi connectivity index (χ1) is 10.0. The summed E-state index contributed by atoms with van der Waals surface area (Å²) in [6, 6.07) is 10.4. The Hall–Kier alpha value is -1.35. The monoisotopic (exact) mass is 288 g/mol. The third kappa shape index (κ3) is 3.85. The van der Waals surface area contributed by atoms with E-state index in [1.165, 1.54) is 5.56 Å². The van der Waals surface area contributed by atoms with Gasteiger partial charge < -0.3 is 10.6 Å². The third-order valence-electron chi connectivity index (χ3n) is 4.85. The van der Waals surface area contributed by atoms with Crippen molar-refractivity contribution in [1.82, 2.24) is 4.90 Å². The molecule has 2 N–H and O–H groups in total. The Balaban J connectivity index is 1.99. The molecule has 0 aliphatic carbocycles. The van der Waals surface area contributed by atoms with Crippen molar-refractivity contribution < 1.29 is 4.79 Å². The van der Waals surface area contributed by atoms with Crippen LogP contribution in [0.25, 0.3) is 0 Å². The van der Waals surface area contributed by atoms with E-state index in [0.717, 1.165) is 13.0 Å². The Morgan fingerprint density at radius 3 is 2.52 bits per heavy atom. The van der Waals surface area contributed by atoms with Crippen molar-refractivity contribution >= 4 is 5.91 Å². The maximum absolute atomic E-state index is 12.5. The fourth-order valence-electron chi connectivity index (χ4n) is 3.29. The standard InChI is InChI=1S/C18H28N2O/c1-4-14(13(2)3)10-18(21)20-11-16(17(19)12-20)15-8-6-5-7-9-15/h5-9,13-14,16-17H,4,10-12,19H2,1-3H3/t14?,16-,17+/m0/s1. The molecular formula is C18H28N2O. The second kappa shape index (κ2) is 7.08. The van der Waals surface area contributed by atoms with E-state index in [1.54, 1.807) is 0 Å². The molecule has 1 aliphatic heterocycles. The third-order valence-corrected chi connectivity index (χ3v) is 4.85. The quantitative estimate of drug-likeness (QED) is 0.905. The molecular weight excluding hydrogens is 260 g/mol. The van der Waals surface area contributed by atoms with Crippen LogP contribution in [-0.4, -0.2) is 29.9 Å². The minimum atomic E-state index is 0.0514. The van der Waals surface area contributed by atoms with Gasteiger partial charge in [-0.15, -0.1) is 0 Å². The zero-order chi connectivity index (χ0) is 15.4. The second-order valence-electron chi connectivity index (χ2n) is 6.60. The average Bonchev–Trinajstić information content (AvgIpc) is 2.87. The summed E-state index contributed by atoms with van der Waals surface area (Å²) in [5.41, 5.74) is 7.51. The lowest BCUT2D eigenvalue weighted by molar-refractivity contribution is -0.131. The topological polar surface area (TPSA) is 46.3 Å². The molecule has 2 rings (SSSR count). The summed E-state index contributed by atoms with van der Waals surface area (Å²) >= 11 is 0. The Kier molecular flexibility index (Phi) is 5.40. The number of nitrogens with two attached hydrogens (primary N) is 1. The summed E-state index contributed by atoms with van der Waals surface area (Å²) < 4.78 is 0. The highest BCUT2D eigenvalue weighted by Crippen LogP contribution is 2.28. The summed E-state index contributed by atoms with van der Waals surface area (Å²) in [6.45, 7) is 8.01. The molecule has 0 radical (unpaired) electrons. The minimum absolute atomic E-state index is 0.0514. The molecule has 1 saturated heterocycles. The predicted molar refractivity (Wildman–Crippen MR) is 87.0 cm³/mol. The highest BCUT2D eigenvalue weighted by Gasteiger charge is 2.34. The van der Waals surface area contributed by atoms with Gasteiger partial charge in [0.25, 0.3) is 0 Å². The normalized spacial score (nSPS) is 23.6. The Bertz CT molecular complexity index is 458. The van der Waals surface area contributed by atoms with Gasteiger partial charge in [0, 0.05) is 31.5 Å². The maximum atomic E-state index is 12.5. The second-order valence-corrected chi connectivity index (χ2v) is 6.60. The van der Waals surface area contributed by atoms with Gasteiger partial charge in [0.1, 0.15) is 0 Å². The first-order valence-corrected chi connectivity index (χ1v) is 8.11. The van der Waals surface area contributed by atoms with Crippen LogP contribution in [0.1, 0.15) is 45.1 Å². The first-order valence-electron chi connectivity index (χ1n) is 8.11. The van der Waals surface area contributed by atoms with Crippen molar-refractivity contribution in [2.45, 2.75) is 45.6 Å². The van der Waals surface area contributed by atoms with E-state index >= 15 is 0 Å². The number of hydrogen-bond donors (Lipinski definition) is 1. The number of carbonyl (C=O) groups is 1. The van der Waals surface area contributed by atoms with Crippen LogP contribution in [0.3, 0.4) is 0 Å². The van der Waals surface area contributed by atoms with Gasteiger partial charge in [-0.05, 0) is 17.4 Å². The molecule has 0 spiro atoms. The number of rotatable bonds is 5. The highest BCUT2D eigenvalue weighted by atomic mass is 16.2. The molecule has 0 saturated carbocycles. The van der Waals surface area contributed by atoms with Crippen molar-refractivity contribution in [1.29, 1.82) is 0 Å². The van der Waals surface area contributed by atoms with Crippen LogP contribution in [-0.2, 0) is 4.79 Å². The summed E-state index contributed by atoms with van der Waals surface area (Å²) in [4.78, 5) is 14.5. The number of amides is 1. The number of likely N-dealkylation sites (tertiary alicyclic amines) is 1. The van der Waals surface area contributed by atoms with Crippen LogP contribution in [0.4, 0.5) is 0 Å². The van der Waals surface area contributed by atoms with Crippen LogP contribution in [0, 0.1) is 11.8 Å². The molecule has 1 aromatic rings. The first kappa shape index (κ1) is 16.0. The summed E-state index contributed by atoms with van der Waals surface area (Å²) in [6.07, 6.45) is 1.72. The molecule has 1 amide bonds. The van der Waals surface area contributed by atoms with Crippen LogP contribution in [0.2, 0.25) is 0 Å². The number of benzene rings is 1. The minimum Gasteiger partial charge on any atom is -0.340 e. The van der Waals surface area contributed by atoms with Gasteiger partial charge in [0.15, 0.2) is 0 Å². The lowest BCUT2D eigenvalue weighted by Crippen LogP contribution is -2.33. The van der Waals surface area contributed by atoms with Gasteiger partial charge in [0.05, 0.1) is 0 Å². The van der Waals surface area contributed by atoms with Crippen LogP contribution >= 0.6 is 0 Å². The van der Waals surface area contributed by atoms with Crippen molar-refractivity contribution in [2.24, 2.45) is 17.6 Å². The Morgan fingerprint density at radius 1 is 1.29 bits per heavy atom. The van der Waals surface area contributed by atoms with Gasteiger partial charge in [0.2, 0.25) is 5.91 Å². The van der Waals surface area contributed by atoms with E-state index in [1.807, 2.05) is 23.1 Å². The van der Waals surface area contributed by atoms with Crippen molar-refractivity contribution in [3.05, 3.63) is 35.9 Å². The molecule has 116 valence electrons. The van der Waals surface area contributed by atoms with Gasteiger partial charge >= 0.3 is 0 Å². The van der Waals surface area contributed by atoms with Crippen molar-refractivity contribution in [2.75, 3.05) is 13.1 Å². The van der Waals surface area contributed by atoms with E-state index in [-0.39, 0.29) is 17.9 Å². The van der Waals surface area contributed by atoms with Gasteiger partial charge in [-0.2, -0.15) is 0 Å². The lowest BCUT2D eigenvalue weighted by Gasteiger charge is -2.23. The molecule has 1 aliphatic rings. The molecule has 3 atom stereocenters. The SMILES string of the molecule is CCC(CC(=O)N1C[C@@H](N)[C@H](c2ccccc2)C1)C(C)C. The summed E-state index contributed by atoms with van der Waals surface area (Å²) in [5.74, 6) is 1.57. The Morgan fingerprint density at radius 2 is 1.95 bits per heavy atom. The number of nitrogens with zero attached hydrogens (tertiary/aromatic N) is 1. The van der Waals surface area contributed by atoms with E-state index < -0.39 is 0 Å². The zero-order valence-corrected chi connectivity index (χ0v) is 13.5. The number of hydrogen-bond acceptors (Lipinski definition) is 2. The molecule has 1 unspecified atom stereocenters. The molecule has 1 aromatic carbocycles. The molecule has 1 fully saturated rings. The van der Waals surface area contributed by atoms with Gasteiger partial charge in [-0.3, -0.25) is 4.79 Å². The fourth-order valence-corrected chi connectivity index (χ4v) is 3.29. The van der Waals surface area contributed by atoms with E-state index in [9.17, 15) is 4.79 Å². The molecule has 21 heavy (non-hydrogen) atoms. The lowest BCUT2D eigenvalue weighted by atomic mass is 9.90. The Labute approximate surface area is 128 Å². The van der Waals surface area contributed by atoms with E-state index in [2.05, 4.69) is 32.9 Å². The maximum Gasteiger partial charge on any atom is 0.222 e. The van der Waals surface area contributed by atoms with Crippen LogP contribution in [0.15, 0.2) is 30.3 Å². The smallest absolute Gasteiger partial charge is 0.222 e. The molecule has 3 heteroatoms. The number of carbonyl (C=O) groups excluding carboxylic acids is 1. The van der Waals surface area contributed by atoms with Crippen LogP contribution < -0.4 is 5.73 Å². The fraction of sp³-hybridized carbons (Fsp3) is 0.611. The van der Waals surface area contributed by atoms with Gasteiger partial charge in [-0.1, -0.05) is 57.5 Å². The predicted octanol–water partition coefficient (Wildman–Crippen LogP) is 3.01. The summed E-state index contributed by atoms with van der Waals surface area (Å²) in [5, 5.41) is 0. The highest BCUT2D eigenvalue weighted by molar-refractivity contribution is 5.77. The van der Waals surface area contributed by atoms with E-state index in [0.29, 0.717) is 24.8 Å². The average molecular weight is 288 g/mol. The molecule has 0 aromatic heterocycles. The molecule has 1 heterocycles. The van der Waals surface area contributed by atoms with Gasteiger partial charge in [-0.25, -0.2) is 0 Å². The van der Waals surface area contributed by atoms with Crippen molar-refractivity contribution in [3.8, 4) is 0 Å². The van der Waals surface area contributed by atoms with Crippen LogP contribution in [0.5, 0.6) is 0 Å². The molecule has 0 bridgehead atoms. The largest absolute Gasteiger partial charge is 0.340 e. The zero-order valence-electron chi connectivity index (χ0n) is 13.5. The van der Waals surface area contributed by atoms with E-state index in [4.69, 9.17) is 5.73 Å².